The lowest BCUT2D eigenvalue weighted by Gasteiger charge is -2.19. The van der Waals surface area contributed by atoms with Crippen LogP contribution in [0.3, 0.4) is 0 Å². The van der Waals surface area contributed by atoms with Gasteiger partial charge >= 0.3 is 0 Å². The van der Waals surface area contributed by atoms with Gasteiger partial charge in [-0.2, -0.15) is 0 Å². The highest BCUT2D eigenvalue weighted by Crippen LogP contribution is 2.32. The molecule has 0 bridgehead atoms. The molecule has 0 heterocycles. The van der Waals surface area contributed by atoms with Gasteiger partial charge in [0.2, 0.25) is 23.6 Å². The zero-order valence-electron chi connectivity index (χ0n) is 37.2. The van der Waals surface area contributed by atoms with E-state index >= 15 is 0 Å². The van der Waals surface area contributed by atoms with Crippen molar-refractivity contribution < 1.29 is 38.4 Å². The predicted octanol–water partition coefficient (Wildman–Crippen LogP) is 6.25. The smallest absolute Gasteiger partial charge is 0.239 e. The summed E-state index contributed by atoms with van der Waals surface area (Å²) in [6, 6.07) is 18.3. The highest BCUT2D eigenvalue weighted by Gasteiger charge is 2.32. The summed E-state index contributed by atoms with van der Waals surface area (Å²) in [7, 11) is 0. The zero-order chi connectivity index (χ0) is 48.0. The number of anilines is 4. The van der Waals surface area contributed by atoms with E-state index in [2.05, 4.69) is 73.4 Å². The molecule has 2 aliphatic rings. The van der Waals surface area contributed by atoms with Gasteiger partial charge in [0.25, 0.3) is 0 Å². The van der Waals surface area contributed by atoms with E-state index in [9.17, 15) is 38.4 Å². The second kappa shape index (κ2) is 24.3. The third kappa shape index (κ3) is 14.4. The maximum atomic E-state index is 13.2. The summed E-state index contributed by atoms with van der Waals surface area (Å²) in [6.07, 6.45) is 0. The van der Waals surface area contributed by atoms with Gasteiger partial charge in [0.15, 0.2) is 23.1 Å². The Kier molecular flexibility index (Phi) is 19.2. The monoisotopic (exact) mass is 927 g/mol. The Balaban J connectivity index is 0.000000265. The molecular formula is C48H55Cl2N7O8. The normalized spacial score (nSPS) is 12.2. The minimum Gasteiger partial charge on any atom is -0.330 e. The molecule has 0 saturated heterocycles. The molecule has 2 aliphatic carbocycles. The molecule has 4 amide bonds. The Bertz CT molecular complexity index is 2310. The van der Waals surface area contributed by atoms with E-state index in [1.165, 1.54) is 48.5 Å². The van der Waals surface area contributed by atoms with Crippen molar-refractivity contribution in [2.45, 2.75) is 41.5 Å². The van der Waals surface area contributed by atoms with Gasteiger partial charge in [0.05, 0.1) is 13.1 Å². The second-order valence-electron chi connectivity index (χ2n) is 16.5. The molecule has 0 aliphatic heterocycles. The Morgan fingerprint density at radius 3 is 0.908 bits per heavy atom. The molecule has 0 saturated carbocycles. The minimum atomic E-state index is -0.423. The molecule has 17 heteroatoms. The third-order valence-electron chi connectivity index (χ3n) is 9.56. The predicted molar refractivity (Wildman–Crippen MR) is 255 cm³/mol. The van der Waals surface area contributed by atoms with Gasteiger partial charge in [-0.15, -0.1) is 23.2 Å². The number of alkyl halides is 2. The van der Waals surface area contributed by atoms with Gasteiger partial charge in [-0.25, -0.2) is 0 Å². The fourth-order valence-electron chi connectivity index (χ4n) is 6.36. The molecule has 0 unspecified atom stereocenters. The lowest BCUT2D eigenvalue weighted by molar-refractivity contribution is -0.116. The molecule has 8 N–H and O–H groups in total. The van der Waals surface area contributed by atoms with E-state index in [0.717, 1.165) is 6.54 Å². The van der Waals surface area contributed by atoms with Crippen molar-refractivity contribution in [3.63, 3.8) is 0 Å². The van der Waals surface area contributed by atoms with Gasteiger partial charge in [-0.1, -0.05) is 41.5 Å². The number of nitrogens with two attached hydrogens (primary N) is 1. The van der Waals surface area contributed by atoms with Crippen LogP contribution in [0.4, 0.5) is 22.7 Å². The molecule has 6 rings (SSSR count). The number of ketones is 4. The lowest BCUT2D eigenvalue weighted by atomic mass is 9.83. The first-order valence-electron chi connectivity index (χ1n) is 21.0. The van der Waals surface area contributed by atoms with Gasteiger partial charge in [-0.3, -0.25) is 38.4 Å². The average molecular weight is 929 g/mol. The van der Waals surface area contributed by atoms with Crippen LogP contribution < -0.4 is 37.6 Å². The standard InChI is InChI=1S/C26H32N4O4.C18H12Cl2N2O4.C4H11N/c1-15(2)11-27-13-23(31)29-17-5-7-19-21(9-17)26(34)22-10-18(6-8-20(22)25(19)33)30-24(32)14-28-12-16(3)4;19-7-15(23)21-9-1-3-11-13(5-9)18(26)14-6-10(22-16(24)8-20)2-4-12(14)17(11)25;1-4(2)3-5/h5-10,15-16,27-28H,11-14H2,1-4H3,(H,29,31)(H,30,32);1-6H,7-8H2,(H,21,23)(H,22,24);4H,3,5H2,1-2H3. The first-order valence-corrected chi connectivity index (χ1v) is 22.1. The maximum absolute atomic E-state index is 13.2. The van der Waals surface area contributed by atoms with Gasteiger partial charge in [-0.05, 0) is 110 Å². The number of hydrogen-bond acceptors (Lipinski definition) is 11. The molecule has 0 spiro atoms. The number of hydrogen-bond donors (Lipinski definition) is 7. The van der Waals surface area contributed by atoms with E-state index < -0.39 is 11.8 Å². The third-order valence-corrected chi connectivity index (χ3v) is 10.0. The number of carbonyl (C=O) groups is 8. The molecule has 65 heavy (non-hydrogen) atoms. The van der Waals surface area contributed by atoms with Crippen molar-refractivity contribution >= 4 is 92.7 Å². The summed E-state index contributed by atoms with van der Waals surface area (Å²) >= 11 is 10.9. The minimum absolute atomic E-state index is 0.153. The van der Waals surface area contributed by atoms with Crippen molar-refractivity contribution in [1.29, 1.82) is 0 Å². The number of benzene rings is 4. The quantitative estimate of drug-likeness (QED) is 0.0569. The summed E-state index contributed by atoms with van der Waals surface area (Å²) in [5.41, 5.74) is 8.70. The molecular weight excluding hydrogens is 873 g/mol. The highest BCUT2D eigenvalue weighted by atomic mass is 35.5. The van der Waals surface area contributed by atoms with Crippen molar-refractivity contribution in [2.24, 2.45) is 23.5 Å². The number of carbonyl (C=O) groups excluding carboxylic acids is 8. The molecule has 4 aromatic rings. The lowest BCUT2D eigenvalue weighted by Crippen LogP contribution is -2.31. The summed E-state index contributed by atoms with van der Waals surface area (Å²) in [6.45, 7) is 14.9. The van der Waals surface area contributed by atoms with Crippen LogP contribution in [0.2, 0.25) is 0 Å². The molecule has 0 fully saturated rings. The fourth-order valence-corrected chi connectivity index (χ4v) is 6.49. The molecule has 344 valence electrons. The van der Waals surface area contributed by atoms with E-state index in [0.29, 0.717) is 64.7 Å². The Hall–Kier alpha value is -6.10. The SMILES string of the molecule is CC(C)CN.CC(C)CNCC(=O)Nc1ccc2c(c1)C(=O)c1cc(NC(=O)CNCC(C)C)ccc1C2=O.O=C(CCl)Nc1ccc2c(c1)C(=O)c1cc(NC(=O)CCl)ccc1C2=O. The first kappa shape index (κ1) is 51.5. The van der Waals surface area contributed by atoms with Crippen LogP contribution in [0.15, 0.2) is 72.8 Å². The largest absolute Gasteiger partial charge is 0.330 e. The number of halogens is 2. The topological polar surface area (TPSA) is 235 Å². The molecule has 0 aromatic heterocycles. The van der Waals surface area contributed by atoms with Crippen LogP contribution in [0.1, 0.15) is 105 Å². The van der Waals surface area contributed by atoms with Gasteiger partial charge < -0.3 is 37.6 Å². The van der Waals surface area contributed by atoms with Crippen molar-refractivity contribution in [3.8, 4) is 0 Å². The number of amides is 4. The molecule has 0 radical (unpaired) electrons. The van der Waals surface area contributed by atoms with Crippen LogP contribution in [-0.4, -0.2) is 91.2 Å². The van der Waals surface area contributed by atoms with Crippen LogP contribution in [0.25, 0.3) is 0 Å². The molecule has 0 atom stereocenters. The highest BCUT2D eigenvalue weighted by molar-refractivity contribution is 6.31. The van der Waals surface area contributed by atoms with Gasteiger partial charge in [0.1, 0.15) is 11.8 Å². The van der Waals surface area contributed by atoms with E-state index in [1.54, 1.807) is 24.3 Å². The number of nitrogens with one attached hydrogen (secondary N) is 6. The van der Waals surface area contributed by atoms with Crippen molar-refractivity contribution in [2.75, 3.05) is 65.8 Å². The van der Waals surface area contributed by atoms with E-state index in [4.69, 9.17) is 28.9 Å². The van der Waals surface area contributed by atoms with Crippen molar-refractivity contribution in [1.82, 2.24) is 10.6 Å². The van der Waals surface area contributed by atoms with Crippen LogP contribution in [0, 0.1) is 17.8 Å². The molecule has 4 aromatic carbocycles. The summed E-state index contributed by atoms with van der Waals surface area (Å²) in [5.74, 6) is -1.53. The average Bonchev–Trinajstić information content (AvgIpc) is 3.27. The van der Waals surface area contributed by atoms with E-state index in [1.807, 2.05) is 0 Å². The van der Waals surface area contributed by atoms with Crippen LogP contribution in [-0.2, 0) is 19.2 Å². The summed E-state index contributed by atoms with van der Waals surface area (Å²) < 4.78 is 0. The number of fused-ring (bicyclic) bond motifs is 4. The summed E-state index contributed by atoms with van der Waals surface area (Å²) in [5, 5.41) is 16.7. The van der Waals surface area contributed by atoms with E-state index in [-0.39, 0.29) is 93.2 Å². The van der Waals surface area contributed by atoms with Gasteiger partial charge in [0, 0.05) is 67.3 Å². The van der Waals surface area contributed by atoms with Crippen molar-refractivity contribution in [3.05, 3.63) is 117 Å². The fraction of sp³-hybridized carbons (Fsp3) is 0.333. The maximum Gasteiger partial charge on any atom is 0.239 e. The van der Waals surface area contributed by atoms with Crippen LogP contribution >= 0.6 is 23.2 Å². The Labute approximate surface area is 388 Å². The second-order valence-corrected chi connectivity index (χ2v) is 17.0. The Morgan fingerprint density at radius 2 is 0.677 bits per heavy atom. The Morgan fingerprint density at radius 1 is 0.431 bits per heavy atom. The zero-order valence-corrected chi connectivity index (χ0v) is 38.7. The molecule has 15 nitrogen and oxygen atoms in total. The first-order chi connectivity index (χ1) is 30.9. The number of rotatable bonds is 15. The van der Waals surface area contributed by atoms with Crippen LogP contribution in [0.5, 0.6) is 0 Å². The summed E-state index contributed by atoms with van der Waals surface area (Å²) in [4.78, 5) is 98.9.